The van der Waals surface area contributed by atoms with Crippen molar-refractivity contribution in [3.63, 3.8) is 0 Å². The Hall–Kier alpha value is -2.99. The molecule has 25 heavy (non-hydrogen) atoms. The van der Waals surface area contributed by atoms with Crippen molar-refractivity contribution in [2.75, 3.05) is 10.6 Å². The van der Waals surface area contributed by atoms with Crippen molar-refractivity contribution in [3.8, 4) is 0 Å². The van der Waals surface area contributed by atoms with Gasteiger partial charge >= 0.3 is 0 Å². The van der Waals surface area contributed by atoms with E-state index in [0.29, 0.717) is 17.4 Å². The summed E-state index contributed by atoms with van der Waals surface area (Å²) in [6, 6.07) is 16.5. The molecule has 0 bridgehead atoms. The number of hydrogen-bond donors (Lipinski definition) is 2. The molecule has 126 valence electrons. The van der Waals surface area contributed by atoms with E-state index in [1.807, 2.05) is 24.3 Å². The molecule has 0 unspecified atom stereocenters. The van der Waals surface area contributed by atoms with Gasteiger partial charge in [0.2, 0.25) is 0 Å². The topological polar surface area (TPSA) is 66.9 Å². The van der Waals surface area contributed by atoms with E-state index in [-0.39, 0.29) is 11.4 Å². The third-order valence-corrected chi connectivity index (χ3v) is 3.66. The van der Waals surface area contributed by atoms with Crippen molar-refractivity contribution in [1.29, 1.82) is 0 Å². The summed E-state index contributed by atoms with van der Waals surface area (Å²) in [7, 11) is 0. The smallest absolute Gasteiger partial charge is 0.259 e. The zero-order valence-electron chi connectivity index (χ0n) is 13.0. The highest BCUT2D eigenvalue weighted by Gasteiger charge is 2.11. The molecule has 0 radical (unpaired) electrons. The van der Waals surface area contributed by atoms with Crippen LogP contribution in [0.3, 0.4) is 0 Å². The summed E-state index contributed by atoms with van der Waals surface area (Å²) in [4.78, 5) is 12.0. The number of nitrogens with one attached hydrogen (secondary N) is 2. The molecular formula is C18H14ClFN4O. The van der Waals surface area contributed by atoms with Crippen LogP contribution in [0.25, 0.3) is 0 Å². The average molecular weight is 357 g/mol. The lowest BCUT2D eigenvalue weighted by Gasteiger charge is -2.07. The Morgan fingerprint density at radius 3 is 2.32 bits per heavy atom. The summed E-state index contributed by atoms with van der Waals surface area (Å²) in [6.07, 6.45) is 0. The van der Waals surface area contributed by atoms with Gasteiger partial charge in [0.15, 0.2) is 5.82 Å². The van der Waals surface area contributed by atoms with E-state index in [0.717, 1.165) is 5.56 Å². The highest BCUT2D eigenvalue weighted by molar-refractivity contribution is 6.30. The lowest BCUT2D eigenvalue weighted by Crippen LogP contribution is -2.15. The minimum atomic E-state index is -0.589. The molecule has 1 heterocycles. The van der Waals surface area contributed by atoms with Crippen LogP contribution in [-0.2, 0) is 6.54 Å². The molecular weight excluding hydrogens is 343 g/mol. The summed E-state index contributed by atoms with van der Waals surface area (Å²) in [6.45, 7) is 0.562. The van der Waals surface area contributed by atoms with Gasteiger partial charge in [-0.25, -0.2) is 4.39 Å². The predicted molar refractivity (Wildman–Crippen MR) is 95.2 cm³/mol. The van der Waals surface area contributed by atoms with Gasteiger partial charge in [-0.05, 0) is 42.0 Å². The van der Waals surface area contributed by atoms with E-state index in [2.05, 4.69) is 20.8 Å². The summed E-state index contributed by atoms with van der Waals surface area (Å²) in [5.41, 5.74) is 0.998. The van der Waals surface area contributed by atoms with Gasteiger partial charge in [-0.1, -0.05) is 35.9 Å². The van der Waals surface area contributed by atoms with E-state index in [4.69, 9.17) is 11.6 Å². The first-order chi connectivity index (χ1) is 12.1. The zero-order valence-corrected chi connectivity index (χ0v) is 13.8. The van der Waals surface area contributed by atoms with E-state index in [1.54, 1.807) is 18.2 Å². The van der Waals surface area contributed by atoms with Crippen molar-refractivity contribution >= 4 is 29.1 Å². The fourth-order valence-corrected chi connectivity index (χ4v) is 2.24. The van der Waals surface area contributed by atoms with Crippen LogP contribution in [0.4, 0.5) is 16.0 Å². The Balaban J connectivity index is 1.59. The second-order valence-corrected chi connectivity index (χ2v) is 5.65. The van der Waals surface area contributed by atoms with E-state index < -0.39 is 11.7 Å². The second-order valence-electron chi connectivity index (χ2n) is 5.22. The molecule has 0 fully saturated rings. The third kappa shape index (κ3) is 4.51. The number of aromatic nitrogens is 2. The molecule has 0 atom stereocenters. The Bertz CT molecular complexity index is 869. The molecule has 3 aromatic rings. The number of halogens is 2. The lowest BCUT2D eigenvalue weighted by atomic mass is 10.2. The SMILES string of the molecule is O=C(Nc1ccc(NCc2ccc(Cl)cc2)nn1)c1ccccc1F. The standard InChI is InChI=1S/C18H14ClFN4O/c19-13-7-5-12(6-8-13)11-21-16-9-10-17(24-23-16)22-18(25)14-3-1-2-4-15(14)20/h1-10H,11H2,(H,21,23)(H,22,24,25). The van der Waals surface area contributed by atoms with Gasteiger partial charge in [-0.15, -0.1) is 10.2 Å². The Morgan fingerprint density at radius 1 is 0.960 bits per heavy atom. The van der Waals surface area contributed by atoms with Crippen LogP contribution < -0.4 is 10.6 Å². The van der Waals surface area contributed by atoms with Crippen LogP contribution >= 0.6 is 11.6 Å². The highest BCUT2D eigenvalue weighted by atomic mass is 35.5. The first-order valence-corrected chi connectivity index (χ1v) is 7.87. The summed E-state index contributed by atoms with van der Waals surface area (Å²) < 4.78 is 13.6. The van der Waals surface area contributed by atoms with Crippen LogP contribution in [0.2, 0.25) is 5.02 Å². The van der Waals surface area contributed by atoms with Gasteiger partial charge in [-0.2, -0.15) is 0 Å². The second kappa shape index (κ2) is 7.72. The number of nitrogens with zero attached hydrogens (tertiary/aromatic N) is 2. The molecule has 0 aliphatic rings. The van der Waals surface area contributed by atoms with Crippen molar-refractivity contribution in [3.05, 3.63) is 82.6 Å². The molecule has 7 heteroatoms. The minimum Gasteiger partial charge on any atom is -0.365 e. The van der Waals surface area contributed by atoms with Crippen molar-refractivity contribution in [2.45, 2.75) is 6.54 Å². The minimum absolute atomic E-state index is 0.0470. The normalized spacial score (nSPS) is 10.3. The number of hydrogen-bond acceptors (Lipinski definition) is 4. The number of carbonyl (C=O) groups is 1. The monoisotopic (exact) mass is 356 g/mol. The maximum absolute atomic E-state index is 13.6. The molecule has 0 spiro atoms. The maximum Gasteiger partial charge on any atom is 0.259 e. The zero-order chi connectivity index (χ0) is 17.6. The molecule has 5 nitrogen and oxygen atoms in total. The van der Waals surface area contributed by atoms with Gasteiger partial charge in [0, 0.05) is 11.6 Å². The first-order valence-electron chi connectivity index (χ1n) is 7.50. The lowest BCUT2D eigenvalue weighted by molar-refractivity contribution is 0.102. The molecule has 0 saturated carbocycles. The largest absolute Gasteiger partial charge is 0.365 e. The maximum atomic E-state index is 13.6. The first kappa shape index (κ1) is 16.9. The average Bonchev–Trinajstić information content (AvgIpc) is 2.63. The van der Waals surface area contributed by atoms with Crippen LogP contribution in [0.5, 0.6) is 0 Å². The van der Waals surface area contributed by atoms with Crippen molar-refractivity contribution < 1.29 is 9.18 Å². The Labute approximate surface area is 148 Å². The number of rotatable bonds is 5. The van der Waals surface area contributed by atoms with Crippen LogP contribution in [0.15, 0.2) is 60.7 Å². The van der Waals surface area contributed by atoms with Gasteiger partial charge in [0.05, 0.1) is 5.56 Å². The molecule has 0 aliphatic heterocycles. The third-order valence-electron chi connectivity index (χ3n) is 3.41. The summed E-state index contributed by atoms with van der Waals surface area (Å²) in [5.74, 6) is -0.368. The van der Waals surface area contributed by atoms with Gasteiger partial charge in [0.25, 0.3) is 5.91 Å². The molecule has 1 amide bonds. The van der Waals surface area contributed by atoms with E-state index in [9.17, 15) is 9.18 Å². The van der Waals surface area contributed by atoms with Gasteiger partial charge < -0.3 is 10.6 Å². The number of anilines is 2. The fourth-order valence-electron chi connectivity index (χ4n) is 2.12. The van der Waals surface area contributed by atoms with Crippen LogP contribution in [-0.4, -0.2) is 16.1 Å². The molecule has 1 aromatic heterocycles. The molecule has 2 N–H and O–H groups in total. The van der Waals surface area contributed by atoms with Crippen molar-refractivity contribution in [2.24, 2.45) is 0 Å². The molecule has 2 aromatic carbocycles. The van der Waals surface area contributed by atoms with Crippen molar-refractivity contribution in [1.82, 2.24) is 10.2 Å². The summed E-state index contributed by atoms with van der Waals surface area (Å²) >= 11 is 5.84. The number of amides is 1. The molecule has 0 saturated heterocycles. The fraction of sp³-hybridized carbons (Fsp3) is 0.0556. The quantitative estimate of drug-likeness (QED) is 0.721. The summed E-state index contributed by atoms with van der Waals surface area (Å²) in [5, 5.41) is 14.2. The van der Waals surface area contributed by atoms with Crippen LogP contribution in [0.1, 0.15) is 15.9 Å². The van der Waals surface area contributed by atoms with Crippen LogP contribution in [0, 0.1) is 5.82 Å². The Morgan fingerprint density at radius 2 is 1.64 bits per heavy atom. The Kier molecular flexibility index (Phi) is 5.20. The number of benzene rings is 2. The molecule has 3 rings (SSSR count). The number of carbonyl (C=O) groups excluding carboxylic acids is 1. The predicted octanol–water partition coefficient (Wildman–Crippen LogP) is 4.13. The van der Waals surface area contributed by atoms with Gasteiger partial charge in [0.1, 0.15) is 11.6 Å². The van der Waals surface area contributed by atoms with E-state index >= 15 is 0 Å². The molecule has 0 aliphatic carbocycles. The van der Waals surface area contributed by atoms with Gasteiger partial charge in [-0.3, -0.25) is 4.79 Å². The van der Waals surface area contributed by atoms with E-state index in [1.165, 1.54) is 18.2 Å². The highest BCUT2D eigenvalue weighted by Crippen LogP contribution is 2.13.